The molecule has 8 aromatic carbocycles. The lowest BCUT2D eigenvalue weighted by Gasteiger charge is -2.22. The van der Waals surface area contributed by atoms with Crippen molar-refractivity contribution in [3.63, 3.8) is 0 Å². The van der Waals surface area contributed by atoms with Crippen molar-refractivity contribution in [1.29, 1.82) is 0 Å². The Bertz CT molecular complexity index is 4250. The summed E-state index contributed by atoms with van der Waals surface area (Å²) in [4.78, 5) is 0. The van der Waals surface area contributed by atoms with Crippen LogP contribution in [0, 0.1) is 47.3 Å². The SMILES string of the molecule is CCCC(CCC)COc1cccc(C(O)CCC)c1.CCCC(O)c1cccc(OCC(CC)CC)c1.CCCC(O)c1cccc(OCC2CCCC2)c1.CCCC(O)c1cccc(OCC2CCCCC2)c1.CCCCc1cccc(OCC(CC)CC)c1.CCCCc1cccc(OCC(CCC)CCC)c1.CCCCc1cccc(OCC2CCCC2)c1.CCCCc1cccc(OCC2CCCCC2)c1. The number of hydrogen-bond acceptors (Lipinski definition) is 12. The molecular weight excluding hydrogens is 1800 g/mol. The summed E-state index contributed by atoms with van der Waals surface area (Å²) in [6.45, 7) is 41.9. The molecule has 12 heteroatoms. The minimum Gasteiger partial charge on any atom is -0.493 e. The molecule has 0 radical (unpaired) electrons. The molecule has 0 aromatic heterocycles. The summed E-state index contributed by atoms with van der Waals surface area (Å²) in [5, 5.41) is 40.0. The van der Waals surface area contributed by atoms with Crippen LogP contribution in [0.3, 0.4) is 0 Å². The molecule has 4 aliphatic rings. The van der Waals surface area contributed by atoms with Crippen molar-refractivity contribution >= 4 is 0 Å². The average Bonchev–Trinajstić information content (AvgIpc) is 1.16. The molecule has 0 amide bonds. The largest absolute Gasteiger partial charge is 0.493 e. The summed E-state index contributed by atoms with van der Waals surface area (Å²) in [6, 6.07) is 66.1. The summed E-state index contributed by atoms with van der Waals surface area (Å²) in [5.41, 5.74) is 9.50. The van der Waals surface area contributed by atoms with Crippen molar-refractivity contribution in [2.24, 2.45) is 47.3 Å². The average molecular weight is 2020 g/mol. The number of aliphatic hydroxyl groups is 4. The quantitative estimate of drug-likeness (QED) is 0.0287. The Morgan fingerprint density at radius 2 is 0.390 bits per heavy atom. The molecule has 0 heterocycles. The molecule has 4 fully saturated rings. The molecule has 0 spiro atoms. The predicted molar refractivity (Wildman–Crippen MR) is 621 cm³/mol. The minimum absolute atomic E-state index is 0.356. The molecule has 4 saturated carbocycles. The summed E-state index contributed by atoms with van der Waals surface area (Å²) >= 11 is 0. The van der Waals surface area contributed by atoms with Crippen LogP contribution < -0.4 is 37.9 Å². The number of unbranched alkanes of at least 4 members (excludes halogenated alkanes) is 4. The second-order valence-electron chi connectivity index (χ2n) is 42.6. The number of aryl methyl sites for hydroxylation is 4. The number of ether oxygens (including phenoxy) is 8. The molecule has 0 bridgehead atoms. The summed E-state index contributed by atoms with van der Waals surface area (Å²) in [6.07, 6.45) is 59.6. The molecule has 0 aliphatic heterocycles. The fraction of sp³-hybridized carbons (Fsp3) is 0.642. The maximum atomic E-state index is 10.0. The molecule has 12 rings (SSSR count). The molecule has 4 unspecified atom stereocenters. The second-order valence-corrected chi connectivity index (χ2v) is 42.6. The van der Waals surface area contributed by atoms with Crippen LogP contribution >= 0.6 is 0 Å². The number of rotatable bonds is 60. The van der Waals surface area contributed by atoms with Gasteiger partial charge in [-0.3, -0.25) is 0 Å². The Hall–Kier alpha value is -8.00. The summed E-state index contributed by atoms with van der Waals surface area (Å²) < 4.78 is 47.2. The monoisotopic (exact) mass is 2010 g/mol. The van der Waals surface area contributed by atoms with E-state index in [0.29, 0.717) is 23.7 Å². The first-order valence-corrected chi connectivity index (χ1v) is 59.9. The van der Waals surface area contributed by atoms with E-state index in [2.05, 4.69) is 208 Å². The zero-order valence-corrected chi connectivity index (χ0v) is 95.5. The van der Waals surface area contributed by atoms with E-state index in [1.165, 1.54) is 279 Å². The molecule has 146 heavy (non-hydrogen) atoms. The number of hydrogen-bond donors (Lipinski definition) is 4. The van der Waals surface area contributed by atoms with Crippen LogP contribution in [0.25, 0.3) is 0 Å². The molecule has 4 N–H and O–H groups in total. The zero-order chi connectivity index (χ0) is 105. The number of benzene rings is 8. The van der Waals surface area contributed by atoms with Crippen molar-refractivity contribution in [2.45, 2.75) is 456 Å². The molecule has 8 aromatic rings. The van der Waals surface area contributed by atoms with E-state index in [1.54, 1.807) is 0 Å². The Labute approximate surface area is 893 Å². The van der Waals surface area contributed by atoms with Gasteiger partial charge in [-0.1, -0.05) is 375 Å². The number of aliphatic hydroxyl groups excluding tert-OH is 4. The smallest absolute Gasteiger partial charge is 0.119 e. The minimum atomic E-state index is -0.370. The van der Waals surface area contributed by atoms with E-state index in [9.17, 15) is 20.4 Å². The lowest BCUT2D eigenvalue weighted by molar-refractivity contribution is 0.165. The highest BCUT2D eigenvalue weighted by molar-refractivity contribution is 5.35. The molecule has 4 atom stereocenters. The normalized spacial score (nSPS) is 14.5. The van der Waals surface area contributed by atoms with Crippen LogP contribution in [0.15, 0.2) is 194 Å². The summed E-state index contributed by atoms with van der Waals surface area (Å²) in [7, 11) is 0. The van der Waals surface area contributed by atoms with Gasteiger partial charge in [-0.25, -0.2) is 0 Å². The van der Waals surface area contributed by atoms with E-state index in [-0.39, 0.29) is 24.4 Å². The zero-order valence-electron chi connectivity index (χ0n) is 95.5. The van der Waals surface area contributed by atoms with E-state index < -0.39 is 0 Å². The van der Waals surface area contributed by atoms with E-state index in [1.807, 2.05) is 97.1 Å². The van der Waals surface area contributed by atoms with Crippen LogP contribution in [-0.4, -0.2) is 73.3 Å². The van der Waals surface area contributed by atoms with Crippen molar-refractivity contribution in [3.05, 3.63) is 239 Å². The third kappa shape index (κ3) is 58.4. The van der Waals surface area contributed by atoms with Gasteiger partial charge >= 0.3 is 0 Å². The van der Waals surface area contributed by atoms with Crippen molar-refractivity contribution in [1.82, 2.24) is 0 Å². The van der Waals surface area contributed by atoms with Gasteiger partial charge < -0.3 is 58.3 Å². The van der Waals surface area contributed by atoms with Gasteiger partial charge in [-0.05, 0) is 343 Å². The van der Waals surface area contributed by atoms with Crippen LogP contribution in [0.1, 0.15) is 475 Å². The summed E-state index contributed by atoms with van der Waals surface area (Å²) in [5.74, 6) is 13.5. The van der Waals surface area contributed by atoms with Gasteiger partial charge in [0.05, 0.1) is 77.3 Å². The van der Waals surface area contributed by atoms with Crippen molar-refractivity contribution in [3.8, 4) is 46.0 Å². The van der Waals surface area contributed by atoms with Gasteiger partial charge in [0.15, 0.2) is 0 Å². The van der Waals surface area contributed by atoms with Crippen LogP contribution in [0.2, 0.25) is 0 Å². The fourth-order valence-corrected chi connectivity index (χ4v) is 19.8. The van der Waals surface area contributed by atoms with Crippen LogP contribution in [-0.2, 0) is 25.7 Å². The van der Waals surface area contributed by atoms with Gasteiger partial charge in [0, 0.05) is 0 Å². The first-order chi connectivity index (χ1) is 71.4. The van der Waals surface area contributed by atoms with Gasteiger partial charge in [0.1, 0.15) is 46.0 Å². The lowest BCUT2D eigenvalue weighted by Crippen LogP contribution is -2.15. The standard InChI is InChI=1S/C18H30O2.C18H30O.C17H26O2.C17H26O.C16H24O2.C16H26O2.C16H24O.C16H26O/c1-4-8-15(9-5-2)14-20-17-12-7-11-16(13-17)18(19)10-6-3;1-4-7-11-16-12-8-13-18(14-16)19-15-17(9-5-2)10-6-3;1-2-7-17(18)15-10-6-11-16(12-15)19-13-14-8-4-3-5-9-14;1-2-3-8-15-11-7-12-17(13-15)18-14-16-9-5-4-6-10-16;1-2-6-16(17)14-9-5-10-15(11-14)18-12-13-7-3-4-8-13;1-4-8-16(17)14-9-7-10-15(11-14)18-12-13(5-2)6-3;1-2-3-7-14-10-6-11-16(12-14)17-13-15-8-4-5-9-15;1-4-7-9-15-10-8-11-16(12-15)17-13-14(5-2)6-3/h7,11-13,15,18-19H,4-6,8-10,14H2,1-3H3;8,12-14,17H,4-7,9-11,15H2,1-3H3;6,10-12,14,17-18H,2-5,7-9,13H2,1H3;7,11-13,16H,2-6,8-10,14H2,1H3;5,9-11,13,16-17H,2-4,6-8,12H2,1H3;7,9-11,13,16-17H,4-6,8,12H2,1-3H3;6,10-12,15H,2-5,7-9,13H2,1H3;8,10-12,14H,4-7,9,13H2,1-3H3. The highest BCUT2D eigenvalue weighted by Crippen LogP contribution is 2.35. The highest BCUT2D eigenvalue weighted by atomic mass is 16.5. The Kier molecular flexibility index (Phi) is 73.6. The van der Waals surface area contributed by atoms with Gasteiger partial charge in [0.25, 0.3) is 0 Å². The third-order valence-electron chi connectivity index (χ3n) is 29.5. The molecule has 0 saturated heterocycles. The topological polar surface area (TPSA) is 155 Å². The Morgan fingerprint density at radius 3 is 0.596 bits per heavy atom. The van der Waals surface area contributed by atoms with E-state index in [0.717, 1.165) is 209 Å². The van der Waals surface area contributed by atoms with E-state index in [4.69, 9.17) is 37.9 Å². The maximum absolute atomic E-state index is 10.0. The molecular formula is C134H212O12. The van der Waals surface area contributed by atoms with Gasteiger partial charge in [0.2, 0.25) is 0 Å². The van der Waals surface area contributed by atoms with E-state index >= 15 is 0 Å². The van der Waals surface area contributed by atoms with Crippen molar-refractivity contribution in [2.75, 3.05) is 52.9 Å². The van der Waals surface area contributed by atoms with Crippen LogP contribution in [0.4, 0.5) is 0 Å². The fourth-order valence-electron chi connectivity index (χ4n) is 19.8. The first kappa shape index (κ1) is 128. The Morgan fingerprint density at radius 1 is 0.205 bits per heavy atom. The predicted octanol–water partition coefficient (Wildman–Crippen LogP) is 38.1. The van der Waals surface area contributed by atoms with Crippen LogP contribution in [0.5, 0.6) is 46.0 Å². The molecule has 4 aliphatic carbocycles. The second kappa shape index (κ2) is 83.7. The third-order valence-corrected chi connectivity index (χ3v) is 29.5. The maximum Gasteiger partial charge on any atom is 0.119 e. The molecule has 12 nitrogen and oxygen atoms in total. The van der Waals surface area contributed by atoms with Gasteiger partial charge in [-0.2, -0.15) is 0 Å². The lowest BCUT2D eigenvalue weighted by atomic mass is 9.90. The Balaban J connectivity index is 0.000000294. The van der Waals surface area contributed by atoms with Crippen molar-refractivity contribution < 1.29 is 58.3 Å². The van der Waals surface area contributed by atoms with Gasteiger partial charge in [-0.15, -0.1) is 0 Å². The first-order valence-electron chi connectivity index (χ1n) is 59.9. The highest BCUT2D eigenvalue weighted by Gasteiger charge is 2.22. The molecule has 820 valence electrons.